The largest absolute Gasteiger partial charge is 0.714 e. The van der Waals surface area contributed by atoms with E-state index >= 15 is 0 Å². The van der Waals surface area contributed by atoms with Crippen LogP contribution in [0.25, 0.3) is 0 Å². The molecule has 1 aromatic rings. The quantitative estimate of drug-likeness (QED) is 0.485. The molecule has 1 aliphatic rings. The molecule has 0 spiro atoms. The summed E-state index contributed by atoms with van der Waals surface area (Å²) in [6.07, 6.45) is 0. The molecule has 1 radical (unpaired) electrons. The molecule has 1 N–H and O–H groups in total. The Bertz CT molecular complexity index is 753. The molecule has 0 fully saturated rings. The number of hydrogen-bond donors (Lipinski definition) is 1. The molecule has 0 bridgehead atoms. The van der Waals surface area contributed by atoms with Gasteiger partial charge in [-0.05, 0) is 63.8 Å². The number of nitrogens with zero attached hydrogens (tertiary/aromatic N) is 2. The Hall–Kier alpha value is -2.47. The third-order valence-corrected chi connectivity index (χ3v) is 4.48. The number of aliphatic hydroxyl groups excluding tert-OH is 1. The minimum absolute atomic E-state index is 0.111. The summed E-state index contributed by atoms with van der Waals surface area (Å²) in [4.78, 5) is 0. The highest BCUT2D eigenvalue weighted by Crippen LogP contribution is 2.37. The number of aliphatic hydroxyl groups is 1. The van der Waals surface area contributed by atoms with Gasteiger partial charge >= 0.3 is 5.84 Å². The van der Waals surface area contributed by atoms with Gasteiger partial charge in [0.05, 0.1) is 5.56 Å². The lowest BCUT2D eigenvalue weighted by molar-refractivity contribution is -0.539. The summed E-state index contributed by atoms with van der Waals surface area (Å²) in [5.41, 5.74) is -0.390. The van der Waals surface area contributed by atoms with E-state index < -0.39 is 11.1 Å². The highest BCUT2D eigenvalue weighted by atomic mass is 16.5. The van der Waals surface area contributed by atoms with Crippen molar-refractivity contribution in [2.24, 2.45) is 0 Å². The van der Waals surface area contributed by atoms with Gasteiger partial charge < -0.3 is 10.3 Å². The van der Waals surface area contributed by atoms with Crippen molar-refractivity contribution >= 4 is 5.84 Å². The minimum Gasteiger partial charge on any atom is -0.714 e. The minimum atomic E-state index is -0.831. The van der Waals surface area contributed by atoms with Gasteiger partial charge in [-0.1, -0.05) is 16.9 Å². The van der Waals surface area contributed by atoms with Crippen LogP contribution in [0.3, 0.4) is 0 Å². The molecule has 0 amide bonds. The Labute approximate surface area is 136 Å². The zero-order chi connectivity index (χ0) is 17.3. The summed E-state index contributed by atoms with van der Waals surface area (Å²) < 4.78 is 0.785. The normalized spacial score (nSPS) is 18.1. The van der Waals surface area contributed by atoms with Crippen molar-refractivity contribution in [2.75, 3.05) is 6.61 Å². The lowest BCUT2D eigenvalue weighted by Gasteiger charge is -2.32. The Morgan fingerprint density at radius 3 is 2.26 bits per heavy atom. The number of benzene rings is 1. The molecule has 0 aromatic heterocycles. The zero-order valence-electron chi connectivity index (χ0n) is 13.7. The summed E-state index contributed by atoms with van der Waals surface area (Å²) >= 11 is 0. The SMILES string of the molecule is CC1(C)N([O])C(c2ccc(C#CC#CCO)cc2)=[N+]([O-])C1(C)C. The van der Waals surface area contributed by atoms with E-state index in [1.54, 1.807) is 52.0 Å². The topological polar surface area (TPSA) is 69.4 Å². The molecule has 1 heterocycles. The van der Waals surface area contributed by atoms with Crippen LogP contribution in [-0.2, 0) is 5.21 Å². The smallest absolute Gasteiger partial charge is 0.316 e. The third kappa shape index (κ3) is 2.77. The first-order valence-electron chi connectivity index (χ1n) is 7.25. The average molecular weight is 311 g/mol. The Morgan fingerprint density at radius 2 is 1.78 bits per heavy atom. The fourth-order valence-corrected chi connectivity index (χ4v) is 2.23. The van der Waals surface area contributed by atoms with Crippen LogP contribution in [-0.4, -0.2) is 38.4 Å². The van der Waals surface area contributed by atoms with Gasteiger partial charge in [0, 0.05) is 10.8 Å². The van der Waals surface area contributed by atoms with E-state index in [0.29, 0.717) is 11.1 Å². The van der Waals surface area contributed by atoms with E-state index in [1.807, 2.05) is 0 Å². The van der Waals surface area contributed by atoms with E-state index in [2.05, 4.69) is 23.7 Å². The van der Waals surface area contributed by atoms with E-state index in [1.165, 1.54) is 0 Å². The summed E-state index contributed by atoms with van der Waals surface area (Å²) in [5, 5.41) is 34.4. The van der Waals surface area contributed by atoms with E-state index in [9.17, 15) is 10.4 Å². The number of rotatable bonds is 1. The molecule has 0 aliphatic carbocycles. The van der Waals surface area contributed by atoms with Crippen LogP contribution in [0.1, 0.15) is 38.8 Å². The summed E-state index contributed by atoms with van der Waals surface area (Å²) in [7, 11) is 0. The van der Waals surface area contributed by atoms with Crippen molar-refractivity contribution in [3.63, 3.8) is 0 Å². The summed E-state index contributed by atoms with van der Waals surface area (Å²) in [6.45, 7) is 6.82. The Balaban J connectivity index is 2.36. The van der Waals surface area contributed by atoms with E-state index in [0.717, 1.165) is 9.80 Å². The van der Waals surface area contributed by atoms with Gasteiger partial charge in [-0.15, -0.1) is 0 Å². The first kappa shape index (κ1) is 16.9. The second kappa shape index (κ2) is 5.96. The molecule has 5 nitrogen and oxygen atoms in total. The predicted molar refractivity (Wildman–Crippen MR) is 86.6 cm³/mol. The van der Waals surface area contributed by atoms with Crippen molar-refractivity contribution in [3.05, 3.63) is 40.6 Å². The van der Waals surface area contributed by atoms with Gasteiger partial charge in [-0.3, -0.25) is 4.74 Å². The zero-order valence-corrected chi connectivity index (χ0v) is 13.7. The first-order chi connectivity index (χ1) is 10.7. The molecule has 1 aromatic carbocycles. The van der Waals surface area contributed by atoms with Crippen LogP contribution >= 0.6 is 0 Å². The Morgan fingerprint density at radius 1 is 1.17 bits per heavy atom. The number of hydroxylamine groups is 3. The molecule has 0 unspecified atom stereocenters. The Kier molecular flexibility index (Phi) is 4.38. The van der Waals surface area contributed by atoms with Crippen molar-refractivity contribution in [1.82, 2.24) is 5.06 Å². The molecule has 2 rings (SSSR count). The van der Waals surface area contributed by atoms with Gasteiger partial charge in [0.25, 0.3) is 0 Å². The molecule has 0 saturated heterocycles. The maximum absolute atomic E-state index is 12.6. The fraction of sp³-hybridized carbons (Fsp3) is 0.389. The van der Waals surface area contributed by atoms with Gasteiger partial charge in [0.2, 0.25) is 0 Å². The molecule has 1 aliphatic heterocycles. The fourth-order valence-electron chi connectivity index (χ4n) is 2.23. The highest BCUT2D eigenvalue weighted by molar-refractivity contribution is 5.96. The lowest BCUT2D eigenvalue weighted by Crippen LogP contribution is -2.53. The van der Waals surface area contributed by atoms with Crippen molar-refractivity contribution in [2.45, 2.75) is 38.8 Å². The maximum atomic E-state index is 12.6. The van der Waals surface area contributed by atoms with E-state index in [4.69, 9.17) is 5.11 Å². The molecule has 23 heavy (non-hydrogen) atoms. The van der Waals surface area contributed by atoms with Gasteiger partial charge in [0.15, 0.2) is 5.54 Å². The van der Waals surface area contributed by atoms with Crippen LogP contribution in [0.15, 0.2) is 24.3 Å². The van der Waals surface area contributed by atoms with E-state index in [-0.39, 0.29) is 12.4 Å². The van der Waals surface area contributed by atoms with Crippen LogP contribution in [0, 0.1) is 28.9 Å². The maximum Gasteiger partial charge on any atom is 0.316 e. The summed E-state index contributed by atoms with van der Waals surface area (Å²) in [6, 6.07) is 6.87. The first-order valence-corrected chi connectivity index (χ1v) is 7.25. The van der Waals surface area contributed by atoms with Crippen molar-refractivity contribution in [3.8, 4) is 23.7 Å². The van der Waals surface area contributed by atoms with Gasteiger partial charge in [0.1, 0.15) is 12.1 Å². The average Bonchev–Trinajstić information content (AvgIpc) is 2.63. The molecule has 119 valence electrons. The molecule has 0 saturated carbocycles. The number of amidine groups is 1. The standard InChI is InChI=1S/C18H19N2O3/c1-17(2)18(3,4)20(23)16(19(17)22)15-11-9-14(10-12-15)8-6-5-7-13-21/h9-12,21H,13H2,1-4H3. The monoisotopic (exact) mass is 311 g/mol. The van der Waals surface area contributed by atoms with Crippen molar-refractivity contribution < 1.29 is 15.1 Å². The summed E-state index contributed by atoms with van der Waals surface area (Å²) in [5.74, 6) is 10.5. The molecular weight excluding hydrogens is 292 g/mol. The highest BCUT2D eigenvalue weighted by Gasteiger charge is 2.59. The second-order valence-corrected chi connectivity index (χ2v) is 6.32. The predicted octanol–water partition coefficient (Wildman–Crippen LogP) is 1.51. The van der Waals surface area contributed by atoms with Crippen LogP contribution in [0.5, 0.6) is 0 Å². The van der Waals surface area contributed by atoms with Gasteiger partial charge in [-0.2, -0.15) is 0 Å². The molecule has 5 heteroatoms. The van der Waals surface area contributed by atoms with Crippen LogP contribution in [0.2, 0.25) is 0 Å². The number of hydrogen-bond acceptors (Lipinski definition) is 3. The second-order valence-electron chi connectivity index (χ2n) is 6.32. The van der Waals surface area contributed by atoms with Crippen LogP contribution in [0.4, 0.5) is 0 Å². The van der Waals surface area contributed by atoms with Crippen molar-refractivity contribution in [1.29, 1.82) is 0 Å². The van der Waals surface area contributed by atoms with Crippen LogP contribution < -0.4 is 0 Å². The lowest BCUT2D eigenvalue weighted by atomic mass is 9.84. The third-order valence-electron chi connectivity index (χ3n) is 4.48. The van der Waals surface area contributed by atoms with Gasteiger partial charge in [-0.25, -0.2) is 0 Å². The molecule has 0 atom stereocenters. The molecular formula is C18H19N2O3.